The van der Waals surface area contributed by atoms with Gasteiger partial charge >= 0.3 is 0 Å². The van der Waals surface area contributed by atoms with Crippen LogP contribution in [0.2, 0.25) is 0 Å². The van der Waals surface area contributed by atoms with Gasteiger partial charge in [-0.1, -0.05) is 30.3 Å². The van der Waals surface area contributed by atoms with E-state index in [2.05, 4.69) is 39.9 Å². The van der Waals surface area contributed by atoms with Crippen LogP contribution in [0.5, 0.6) is 5.75 Å². The summed E-state index contributed by atoms with van der Waals surface area (Å²) in [6.45, 7) is 0.893. The van der Waals surface area contributed by atoms with E-state index in [1.165, 1.54) is 5.56 Å². The molecule has 26 heavy (non-hydrogen) atoms. The number of aromatic amines is 1. The smallest absolute Gasteiger partial charge is 0.253 e. The fourth-order valence-corrected chi connectivity index (χ4v) is 3.49. The van der Waals surface area contributed by atoms with Crippen molar-refractivity contribution in [1.82, 2.24) is 15.6 Å². The van der Waals surface area contributed by atoms with Gasteiger partial charge in [-0.05, 0) is 43.3 Å². The number of amides is 1. The number of carbonyl (C=O) groups excluding carboxylic acids is 1. The van der Waals surface area contributed by atoms with Crippen molar-refractivity contribution >= 4 is 16.8 Å². The number of fused-ring (bicyclic) bond motifs is 1. The Morgan fingerprint density at radius 1 is 1.15 bits per heavy atom. The molecule has 0 saturated heterocycles. The molecule has 0 spiro atoms. The molecule has 0 aliphatic rings. The first-order chi connectivity index (χ1) is 12.7. The van der Waals surface area contributed by atoms with E-state index in [0.29, 0.717) is 5.56 Å². The van der Waals surface area contributed by atoms with Gasteiger partial charge in [0.15, 0.2) is 0 Å². The van der Waals surface area contributed by atoms with Crippen molar-refractivity contribution in [3.05, 3.63) is 65.4 Å². The second kappa shape index (κ2) is 8.06. The van der Waals surface area contributed by atoms with Gasteiger partial charge in [0.1, 0.15) is 5.75 Å². The first-order valence-electron chi connectivity index (χ1n) is 8.80. The number of ether oxygens (including phenoxy) is 1. The molecule has 2 aromatic carbocycles. The monoisotopic (exact) mass is 351 g/mol. The fraction of sp³-hybridized carbons (Fsp3) is 0.286. The van der Waals surface area contributed by atoms with Crippen LogP contribution in [0.1, 0.15) is 33.8 Å². The van der Waals surface area contributed by atoms with Crippen LogP contribution in [-0.4, -0.2) is 38.6 Å². The molecule has 3 N–H and O–H groups in total. The van der Waals surface area contributed by atoms with Crippen LogP contribution in [-0.2, 0) is 0 Å². The molecule has 5 heteroatoms. The van der Waals surface area contributed by atoms with Crippen molar-refractivity contribution in [3.8, 4) is 5.75 Å². The Morgan fingerprint density at radius 2 is 1.92 bits per heavy atom. The lowest BCUT2D eigenvalue weighted by atomic mass is 9.87. The molecule has 136 valence electrons. The largest absolute Gasteiger partial charge is 0.496 e. The number of carbonyl (C=O) groups is 1. The van der Waals surface area contributed by atoms with Crippen molar-refractivity contribution in [2.75, 3.05) is 27.7 Å². The van der Waals surface area contributed by atoms with Gasteiger partial charge in [0.25, 0.3) is 5.91 Å². The van der Waals surface area contributed by atoms with E-state index in [1.54, 1.807) is 20.2 Å². The van der Waals surface area contributed by atoms with E-state index in [1.807, 2.05) is 25.4 Å². The molecule has 1 unspecified atom stereocenters. The summed E-state index contributed by atoms with van der Waals surface area (Å²) >= 11 is 0. The summed E-state index contributed by atoms with van der Waals surface area (Å²) in [5.41, 5.74) is 3.82. The number of methoxy groups -OCH3 is 1. The Kier molecular flexibility index (Phi) is 5.58. The third-order valence-corrected chi connectivity index (χ3v) is 4.78. The molecule has 5 nitrogen and oxygen atoms in total. The number of rotatable bonds is 7. The van der Waals surface area contributed by atoms with E-state index in [4.69, 9.17) is 4.74 Å². The van der Waals surface area contributed by atoms with E-state index in [9.17, 15) is 4.79 Å². The van der Waals surface area contributed by atoms with E-state index in [-0.39, 0.29) is 11.8 Å². The van der Waals surface area contributed by atoms with Crippen molar-refractivity contribution in [3.63, 3.8) is 0 Å². The fourth-order valence-electron chi connectivity index (χ4n) is 3.49. The lowest BCUT2D eigenvalue weighted by Gasteiger charge is -2.18. The maximum atomic E-state index is 12.3. The van der Waals surface area contributed by atoms with E-state index < -0.39 is 0 Å². The number of H-pyrrole nitrogens is 1. The molecular formula is C21H25N3O2. The number of nitrogens with one attached hydrogen (secondary N) is 3. The van der Waals surface area contributed by atoms with E-state index in [0.717, 1.165) is 35.2 Å². The Balaban J connectivity index is 2.20. The first kappa shape index (κ1) is 18.0. The number of benzene rings is 2. The van der Waals surface area contributed by atoms with Crippen LogP contribution in [0.15, 0.2) is 48.7 Å². The highest BCUT2D eigenvalue weighted by Crippen LogP contribution is 2.38. The van der Waals surface area contributed by atoms with Gasteiger partial charge in [0, 0.05) is 24.5 Å². The molecule has 0 fully saturated rings. The molecule has 1 amide bonds. The zero-order chi connectivity index (χ0) is 18.5. The summed E-state index contributed by atoms with van der Waals surface area (Å²) in [5, 5.41) is 6.92. The molecule has 3 aromatic rings. The molecule has 1 atom stereocenters. The summed E-state index contributed by atoms with van der Waals surface area (Å²) in [6, 6.07) is 14.1. The van der Waals surface area contributed by atoms with E-state index >= 15 is 0 Å². The maximum absolute atomic E-state index is 12.3. The van der Waals surface area contributed by atoms with Gasteiger partial charge in [-0.2, -0.15) is 0 Å². The lowest BCUT2D eigenvalue weighted by Crippen LogP contribution is -2.18. The summed E-state index contributed by atoms with van der Waals surface area (Å²) in [5.74, 6) is 0.859. The van der Waals surface area contributed by atoms with Crippen LogP contribution < -0.4 is 15.4 Å². The van der Waals surface area contributed by atoms with Crippen molar-refractivity contribution in [1.29, 1.82) is 0 Å². The first-order valence-corrected chi connectivity index (χ1v) is 8.80. The van der Waals surface area contributed by atoms with Crippen LogP contribution in [0.4, 0.5) is 0 Å². The molecular weight excluding hydrogens is 326 g/mol. The van der Waals surface area contributed by atoms with Crippen LogP contribution in [0.25, 0.3) is 10.9 Å². The van der Waals surface area contributed by atoms with Crippen LogP contribution in [0.3, 0.4) is 0 Å². The third-order valence-electron chi connectivity index (χ3n) is 4.78. The average molecular weight is 351 g/mol. The average Bonchev–Trinajstić information content (AvgIpc) is 3.13. The molecule has 0 bridgehead atoms. The highest BCUT2D eigenvalue weighted by molar-refractivity contribution is 6.08. The highest BCUT2D eigenvalue weighted by atomic mass is 16.5. The van der Waals surface area contributed by atoms with Crippen molar-refractivity contribution < 1.29 is 9.53 Å². The normalized spacial score (nSPS) is 12.1. The molecule has 3 rings (SSSR count). The summed E-state index contributed by atoms with van der Waals surface area (Å²) in [4.78, 5) is 15.6. The third kappa shape index (κ3) is 3.30. The van der Waals surface area contributed by atoms with Gasteiger partial charge in [-0.3, -0.25) is 4.79 Å². The molecule has 1 aromatic heterocycles. The van der Waals surface area contributed by atoms with Gasteiger partial charge in [-0.25, -0.2) is 0 Å². The Morgan fingerprint density at radius 3 is 2.58 bits per heavy atom. The van der Waals surface area contributed by atoms with Gasteiger partial charge in [0.05, 0.1) is 18.2 Å². The predicted octanol–water partition coefficient (Wildman–Crippen LogP) is 3.28. The standard InChI is InChI=1S/C21H25N3O2/c1-22-12-11-15(14-7-5-4-6-8-14)17-13-24-20-16(21(25)23-2)9-10-18(26-3)19(17)20/h4-10,13,15,22,24H,11-12H2,1-3H3,(H,23,25). The summed E-state index contributed by atoms with van der Waals surface area (Å²) in [7, 11) is 5.26. The van der Waals surface area contributed by atoms with Gasteiger partial charge in [-0.15, -0.1) is 0 Å². The number of aromatic nitrogens is 1. The Labute approximate surface area is 153 Å². The quantitative estimate of drug-likeness (QED) is 0.612. The minimum atomic E-state index is -0.113. The summed E-state index contributed by atoms with van der Waals surface area (Å²) in [6.07, 6.45) is 2.95. The molecule has 0 aliphatic carbocycles. The molecule has 1 heterocycles. The minimum Gasteiger partial charge on any atom is -0.496 e. The van der Waals surface area contributed by atoms with Gasteiger partial charge < -0.3 is 20.4 Å². The number of hydrogen-bond acceptors (Lipinski definition) is 3. The van der Waals surface area contributed by atoms with Crippen LogP contribution in [0, 0.1) is 0 Å². The van der Waals surface area contributed by atoms with Gasteiger partial charge in [0.2, 0.25) is 0 Å². The molecule has 0 aliphatic heterocycles. The van der Waals surface area contributed by atoms with Crippen LogP contribution >= 0.6 is 0 Å². The summed E-state index contributed by atoms with van der Waals surface area (Å²) < 4.78 is 5.62. The van der Waals surface area contributed by atoms with Crippen molar-refractivity contribution in [2.24, 2.45) is 0 Å². The minimum absolute atomic E-state index is 0.113. The number of hydrogen-bond donors (Lipinski definition) is 3. The zero-order valence-corrected chi connectivity index (χ0v) is 15.4. The SMILES string of the molecule is CNCCC(c1ccccc1)c1c[nH]c2c(C(=O)NC)ccc(OC)c12. The highest BCUT2D eigenvalue weighted by Gasteiger charge is 2.22. The lowest BCUT2D eigenvalue weighted by molar-refractivity contribution is 0.0964. The topological polar surface area (TPSA) is 66.2 Å². The molecule has 0 saturated carbocycles. The Bertz CT molecular complexity index is 887. The second-order valence-electron chi connectivity index (χ2n) is 6.24. The predicted molar refractivity (Wildman–Crippen MR) is 105 cm³/mol. The molecule has 0 radical (unpaired) electrons. The zero-order valence-electron chi connectivity index (χ0n) is 15.4. The maximum Gasteiger partial charge on any atom is 0.253 e. The van der Waals surface area contributed by atoms with Crippen molar-refractivity contribution in [2.45, 2.75) is 12.3 Å². The Hall–Kier alpha value is -2.79. The second-order valence-corrected chi connectivity index (χ2v) is 6.24.